The quantitative estimate of drug-likeness (QED) is 0.541. The van der Waals surface area contributed by atoms with Gasteiger partial charge in [-0.1, -0.05) is 11.6 Å². The molecule has 158 valence electrons. The molecule has 1 aromatic heterocycles. The van der Waals surface area contributed by atoms with E-state index in [-0.39, 0.29) is 34.6 Å². The van der Waals surface area contributed by atoms with Gasteiger partial charge in [-0.2, -0.15) is 0 Å². The molecule has 3 N–H and O–H groups in total. The molecule has 0 spiro atoms. The van der Waals surface area contributed by atoms with Gasteiger partial charge in [0, 0.05) is 42.0 Å². The second-order valence-corrected chi connectivity index (χ2v) is 6.88. The van der Waals surface area contributed by atoms with Crippen LogP contribution >= 0.6 is 11.6 Å². The fourth-order valence-electron chi connectivity index (χ4n) is 3.00. The summed E-state index contributed by atoms with van der Waals surface area (Å²) in [5.41, 5.74) is 7.06. The number of methoxy groups -OCH3 is 2. The van der Waals surface area contributed by atoms with Crippen LogP contribution in [0.15, 0.2) is 42.6 Å². The van der Waals surface area contributed by atoms with Gasteiger partial charge in [-0.05, 0) is 36.4 Å². The summed E-state index contributed by atoms with van der Waals surface area (Å²) in [6, 6.07) is 10.6. The van der Waals surface area contributed by atoms with E-state index in [2.05, 4.69) is 9.88 Å². The van der Waals surface area contributed by atoms with Crippen LogP contribution in [0.4, 0.5) is 5.69 Å². The van der Waals surface area contributed by atoms with Crippen LogP contribution in [-0.2, 0) is 16.1 Å². The normalized spacial score (nSPS) is 10.8. The number of primary amides is 1. The topological polar surface area (TPSA) is 105 Å². The van der Waals surface area contributed by atoms with Gasteiger partial charge < -0.3 is 29.8 Å². The van der Waals surface area contributed by atoms with Gasteiger partial charge in [0.05, 0.1) is 18.7 Å². The summed E-state index contributed by atoms with van der Waals surface area (Å²) < 4.78 is 17.7. The van der Waals surface area contributed by atoms with Gasteiger partial charge in [0.25, 0.3) is 11.8 Å². The molecule has 1 heterocycles. The number of ether oxygens (including phenoxy) is 3. The average molecular weight is 432 g/mol. The Labute approximate surface area is 178 Å². The fourth-order valence-corrected chi connectivity index (χ4v) is 3.27. The smallest absolute Gasteiger partial charge is 0.255 e. The molecule has 0 atom stereocenters. The Kier molecular flexibility index (Phi) is 6.81. The third-order valence-corrected chi connectivity index (χ3v) is 4.70. The lowest BCUT2D eigenvalue weighted by Gasteiger charge is -2.13. The highest BCUT2D eigenvalue weighted by molar-refractivity contribution is 6.32. The van der Waals surface area contributed by atoms with Crippen molar-refractivity contribution in [2.24, 2.45) is 5.73 Å². The van der Waals surface area contributed by atoms with E-state index in [1.165, 1.54) is 19.2 Å². The van der Waals surface area contributed by atoms with Crippen LogP contribution < -0.4 is 20.5 Å². The van der Waals surface area contributed by atoms with Crippen LogP contribution in [0.3, 0.4) is 0 Å². The zero-order chi connectivity index (χ0) is 21.7. The lowest BCUT2D eigenvalue weighted by Crippen LogP contribution is -2.20. The first-order valence-corrected chi connectivity index (χ1v) is 9.48. The van der Waals surface area contributed by atoms with Crippen molar-refractivity contribution >= 4 is 40.0 Å². The third kappa shape index (κ3) is 4.84. The molecule has 0 saturated heterocycles. The number of anilines is 1. The Bertz CT molecular complexity index is 1080. The van der Waals surface area contributed by atoms with Gasteiger partial charge in [0.15, 0.2) is 18.1 Å². The Balaban J connectivity index is 1.79. The SMILES string of the molecule is COCCn1ccc2cc(NC(=O)c3cc(Cl)c(OCC(N)=O)c(OC)c3)ccc21. The number of carbonyl (C=O) groups excluding carboxylic acids is 2. The summed E-state index contributed by atoms with van der Waals surface area (Å²) in [4.78, 5) is 23.7. The molecule has 2 amide bonds. The first-order chi connectivity index (χ1) is 14.4. The van der Waals surface area contributed by atoms with Crippen molar-refractivity contribution in [3.8, 4) is 11.5 Å². The second kappa shape index (κ2) is 9.51. The molecule has 0 fully saturated rings. The summed E-state index contributed by atoms with van der Waals surface area (Å²) in [6.07, 6.45) is 1.98. The van der Waals surface area contributed by atoms with Crippen molar-refractivity contribution in [3.05, 3.63) is 53.2 Å². The Morgan fingerprint density at radius 3 is 2.67 bits per heavy atom. The number of rotatable bonds is 9. The summed E-state index contributed by atoms with van der Waals surface area (Å²) >= 11 is 6.22. The van der Waals surface area contributed by atoms with E-state index in [1.54, 1.807) is 7.11 Å². The molecule has 3 rings (SSSR count). The Morgan fingerprint density at radius 2 is 1.97 bits per heavy atom. The molecule has 9 heteroatoms. The number of carbonyl (C=O) groups is 2. The van der Waals surface area contributed by atoms with Gasteiger partial charge in [-0.15, -0.1) is 0 Å². The van der Waals surface area contributed by atoms with Crippen LogP contribution in [0, 0.1) is 0 Å². The standard InChI is InChI=1S/C21H22ClN3O5/c1-28-8-7-25-6-5-13-9-15(3-4-17(13)25)24-21(27)14-10-16(22)20(18(11-14)29-2)30-12-19(23)26/h3-6,9-11H,7-8,12H2,1-2H3,(H2,23,26)(H,24,27). The summed E-state index contributed by atoms with van der Waals surface area (Å²) in [7, 11) is 3.07. The number of nitrogens with zero attached hydrogens (tertiary/aromatic N) is 1. The number of nitrogens with two attached hydrogens (primary N) is 1. The van der Waals surface area contributed by atoms with Crippen LogP contribution in [0.1, 0.15) is 10.4 Å². The molecular formula is C21H22ClN3O5. The van der Waals surface area contributed by atoms with E-state index in [0.717, 1.165) is 17.4 Å². The van der Waals surface area contributed by atoms with Crippen molar-refractivity contribution in [1.82, 2.24) is 4.57 Å². The van der Waals surface area contributed by atoms with E-state index in [4.69, 9.17) is 31.5 Å². The predicted octanol–water partition coefficient (Wildman–Crippen LogP) is 3.07. The van der Waals surface area contributed by atoms with Crippen LogP contribution in [-0.4, -0.2) is 43.8 Å². The molecule has 2 aromatic carbocycles. The third-order valence-electron chi connectivity index (χ3n) is 4.42. The van der Waals surface area contributed by atoms with E-state index in [1.807, 2.05) is 30.5 Å². The monoisotopic (exact) mass is 431 g/mol. The minimum absolute atomic E-state index is 0.131. The molecule has 0 radical (unpaired) electrons. The fraction of sp³-hybridized carbons (Fsp3) is 0.238. The first kappa shape index (κ1) is 21.5. The lowest BCUT2D eigenvalue weighted by molar-refractivity contribution is -0.119. The molecule has 0 bridgehead atoms. The molecular weight excluding hydrogens is 410 g/mol. The highest BCUT2D eigenvalue weighted by Gasteiger charge is 2.17. The number of amides is 2. The number of fused-ring (bicyclic) bond motifs is 1. The van der Waals surface area contributed by atoms with Gasteiger partial charge in [0.2, 0.25) is 0 Å². The van der Waals surface area contributed by atoms with Crippen molar-refractivity contribution < 1.29 is 23.8 Å². The number of hydrogen-bond acceptors (Lipinski definition) is 5. The molecule has 0 aliphatic rings. The molecule has 0 unspecified atom stereocenters. The van der Waals surface area contributed by atoms with Crippen LogP contribution in [0.25, 0.3) is 10.9 Å². The van der Waals surface area contributed by atoms with E-state index < -0.39 is 5.91 Å². The average Bonchev–Trinajstić information content (AvgIpc) is 3.12. The lowest BCUT2D eigenvalue weighted by atomic mass is 10.1. The summed E-state index contributed by atoms with van der Waals surface area (Å²) in [6.45, 7) is 1.00. The van der Waals surface area contributed by atoms with Gasteiger partial charge in [-0.25, -0.2) is 0 Å². The highest BCUT2D eigenvalue weighted by Crippen LogP contribution is 2.36. The minimum Gasteiger partial charge on any atom is -0.493 e. The maximum absolute atomic E-state index is 12.7. The number of halogens is 1. The van der Waals surface area contributed by atoms with E-state index >= 15 is 0 Å². The van der Waals surface area contributed by atoms with Crippen molar-refractivity contribution in [3.63, 3.8) is 0 Å². The second-order valence-electron chi connectivity index (χ2n) is 6.47. The van der Waals surface area contributed by atoms with Crippen LogP contribution in [0.2, 0.25) is 5.02 Å². The largest absolute Gasteiger partial charge is 0.493 e. The minimum atomic E-state index is -0.651. The zero-order valence-electron chi connectivity index (χ0n) is 16.6. The van der Waals surface area contributed by atoms with Crippen molar-refractivity contribution in [2.75, 3.05) is 32.8 Å². The van der Waals surface area contributed by atoms with E-state index in [0.29, 0.717) is 12.3 Å². The highest BCUT2D eigenvalue weighted by atomic mass is 35.5. The Morgan fingerprint density at radius 1 is 1.17 bits per heavy atom. The molecule has 3 aromatic rings. The number of benzene rings is 2. The van der Waals surface area contributed by atoms with Crippen molar-refractivity contribution in [1.29, 1.82) is 0 Å². The number of aromatic nitrogens is 1. The molecule has 8 nitrogen and oxygen atoms in total. The first-order valence-electron chi connectivity index (χ1n) is 9.10. The van der Waals surface area contributed by atoms with E-state index in [9.17, 15) is 9.59 Å². The zero-order valence-corrected chi connectivity index (χ0v) is 17.4. The molecule has 0 aliphatic heterocycles. The maximum atomic E-state index is 12.7. The summed E-state index contributed by atoms with van der Waals surface area (Å²) in [5.74, 6) is -0.649. The van der Waals surface area contributed by atoms with Gasteiger partial charge >= 0.3 is 0 Å². The molecule has 0 saturated carbocycles. The molecule has 30 heavy (non-hydrogen) atoms. The molecule has 0 aliphatic carbocycles. The van der Waals surface area contributed by atoms with Gasteiger partial charge in [-0.3, -0.25) is 9.59 Å². The van der Waals surface area contributed by atoms with Crippen molar-refractivity contribution in [2.45, 2.75) is 6.54 Å². The Hall–Kier alpha value is -3.23. The van der Waals surface area contributed by atoms with Crippen LogP contribution in [0.5, 0.6) is 11.5 Å². The number of nitrogens with one attached hydrogen (secondary N) is 1. The number of hydrogen-bond donors (Lipinski definition) is 2. The summed E-state index contributed by atoms with van der Waals surface area (Å²) in [5, 5.41) is 3.98. The van der Waals surface area contributed by atoms with Gasteiger partial charge in [0.1, 0.15) is 0 Å². The maximum Gasteiger partial charge on any atom is 0.255 e. The predicted molar refractivity (Wildman–Crippen MR) is 114 cm³/mol.